The number of H-pyrrole nitrogens is 1. The number of carbonyl (C=O) groups excluding carboxylic acids is 1. The Balaban J connectivity index is 2.17. The second-order valence-corrected chi connectivity index (χ2v) is 4.49. The average Bonchev–Trinajstić information content (AvgIpc) is 2.90. The molecule has 0 saturated carbocycles. The van der Waals surface area contributed by atoms with Crippen LogP contribution in [-0.4, -0.2) is 35.1 Å². The lowest BCUT2D eigenvalue weighted by Gasteiger charge is -2.25. The fourth-order valence-electron chi connectivity index (χ4n) is 1.77. The molecule has 2 aromatic rings. The predicted octanol–water partition coefficient (Wildman–Crippen LogP) is 0.982. The van der Waals surface area contributed by atoms with Crippen LogP contribution in [0.3, 0.4) is 0 Å². The first-order valence-corrected chi connectivity index (χ1v) is 5.89. The minimum absolute atomic E-state index is 0.177. The summed E-state index contributed by atoms with van der Waals surface area (Å²) in [6.45, 7) is 0. The molecule has 1 aromatic carbocycles. The number of nitrogens with one attached hydrogen (secondary N) is 2. The molecule has 0 aliphatic carbocycles. The monoisotopic (exact) mass is 259 g/mol. The van der Waals surface area contributed by atoms with E-state index in [9.17, 15) is 4.79 Å². The number of nitrogens with two attached hydrogens (primary N) is 1. The molecule has 6 nitrogen and oxygen atoms in total. The number of anilines is 1. The highest BCUT2D eigenvalue weighted by molar-refractivity contribution is 5.93. The van der Waals surface area contributed by atoms with E-state index in [4.69, 9.17) is 5.73 Å². The summed E-state index contributed by atoms with van der Waals surface area (Å²) in [7, 11) is 3.80. The van der Waals surface area contributed by atoms with Crippen LogP contribution < -0.4 is 11.1 Å². The highest BCUT2D eigenvalue weighted by Crippen LogP contribution is 2.17. The van der Waals surface area contributed by atoms with Crippen molar-refractivity contribution in [2.24, 2.45) is 0 Å². The van der Waals surface area contributed by atoms with Crippen molar-refractivity contribution in [3.63, 3.8) is 0 Å². The van der Waals surface area contributed by atoms with Gasteiger partial charge in [-0.1, -0.05) is 12.1 Å². The number of hydrogen-bond acceptors (Lipinski definition) is 4. The molecule has 1 aromatic heterocycles. The van der Waals surface area contributed by atoms with Gasteiger partial charge in [-0.2, -0.15) is 5.10 Å². The van der Waals surface area contributed by atoms with Crippen LogP contribution in [0.2, 0.25) is 0 Å². The molecule has 2 rings (SSSR count). The number of rotatable bonds is 4. The summed E-state index contributed by atoms with van der Waals surface area (Å²) in [6, 6.07) is 7.43. The van der Waals surface area contributed by atoms with Crippen molar-refractivity contribution in [3.05, 3.63) is 47.8 Å². The lowest BCUT2D eigenvalue weighted by Crippen LogP contribution is -2.37. The van der Waals surface area contributed by atoms with E-state index in [0.717, 1.165) is 5.56 Å². The zero-order chi connectivity index (χ0) is 13.8. The molecule has 0 fully saturated rings. The number of nitrogen functional groups attached to an aromatic ring is 1. The van der Waals surface area contributed by atoms with Gasteiger partial charge in [0.25, 0.3) is 5.91 Å². The summed E-state index contributed by atoms with van der Waals surface area (Å²) in [5.41, 5.74) is 7.84. The molecule has 1 amide bonds. The second kappa shape index (κ2) is 5.53. The van der Waals surface area contributed by atoms with E-state index in [2.05, 4.69) is 15.5 Å². The van der Waals surface area contributed by atoms with Crippen molar-refractivity contribution in [1.82, 2.24) is 20.4 Å². The van der Waals surface area contributed by atoms with Gasteiger partial charge in [-0.3, -0.25) is 14.8 Å². The number of nitrogens with zero attached hydrogens (tertiary/aromatic N) is 2. The molecule has 0 saturated heterocycles. The van der Waals surface area contributed by atoms with Gasteiger partial charge >= 0.3 is 0 Å². The van der Waals surface area contributed by atoms with Crippen molar-refractivity contribution in [2.45, 2.75) is 6.17 Å². The van der Waals surface area contributed by atoms with Gasteiger partial charge in [0.1, 0.15) is 6.17 Å². The Morgan fingerprint density at radius 1 is 1.37 bits per heavy atom. The van der Waals surface area contributed by atoms with Crippen LogP contribution in [0, 0.1) is 0 Å². The van der Waals surface area contributed by atoms with Crippen molar-refractivity contribution in [1.29, 1.82) is 0 Å². The molecule has 100 valence electrons. The van der Waals surface area contributed by atoms with E-state index in [1.54, 1.807) is 6.20 Å². The van der Waals surface area contributed by atoms with E-state index in [1.807, 2.05) is 43.3 Å². The number of benzene rings is 1. The zero-order valence-electron chi connectivity index (χ0n) is 10.9. The van der Waals surface area contributed by atoms with E-state index in [0.29, 0.717) is 11.3 Å². The Kier molecular flexibility index (Phi) is 3.82. The molecule has 0 bridgehead atoms. The largest absolute Gasteiger partial charge is 0.399 e. The van der Waals surface area contributed by atoms with Crippen LogP contribution in [0.4, 0.5) is 5.69 Å². The second-order valence-electron chi connectivity index (χ2n) is 4.49. The Labute approximate surface area is 111 Å². The minimum Gasteiger partial charge on any atom is -0.399 e. The smallest absolute Gasteiger partial charge is 0.255 e. The molecule has 19 heavy (non-hydrogen) atoms. The van der Waals surface area contributed by atoms with Crippen LogP contribution in [0.15, 0.2) is 36.7 Å². The quantitative estimate of drug-likeness (QED) is 0.564. The molecular formula is C13H17N5O. The Morgan fingerprint density at radius 2 is 2.05 bits per heavy atom. The maximum atomic E-state index is 12.0. The maximum absolute atomic E-state index is 12.0. The Hall–Kier alpha value is -2.34. The van der Waals surface area contributed by atoms with Gasteiger partial charge in [0.05, 0.1) is 11.8 Å². The van der Waals surface area contributed by atoms with Crippen LogP contribution in [0.25, 0.3) is 0 Å². The van der Waals surface area contributed by atoms with Crippen molar-refractivity contribution >= 4 is 11.6 Å². The lowest BCUT2D eigenvalue weighted by atomic mass is 10.1. The van der Waals surface area contributed by atoms with E-state index in [-0.39, 0.29) is 12.1 Å². The fraction of sp³-hybridized carbons (Fsp3) is 0.231. The third kappa shape index (κ3) is 3.11. The summed E-state index contributed by atoms with van der Waals surface area (Å²) >= 11 is 0. The normalized spacial score (nSPS) is 12.4. The fourth-order valence-corrected chi connectivity index (χ4v) is 1.77. The van der Waals surface area contributed by atoms with Gasteiger partial charge in [0.15, 0.2) is 0 Å². The van der Waals surface area contributed by atoms with E-state index >= 15 is 0 Å². The van der Waals surface area contributed by atoms with Crippen molar-refractivity contribution in [3.8, 4) is 0 Å². The van der Waals surface area contributed by atoms with Gasteiger partial charge in [-0.25, -0.2) is 0 Å². The molecule has 0 aliphatic rings. The summed E-state index contributed by atoms with van der Waals surface area (Å²) in [5, 5.41) is 9.32. The summed E-state index contributed by atoms with van der Waals surface area (Å²) in [5.74, 6) is -0.177. The average molecular weight is 259 g/mol. The third-order valence-corrected chi connectivity index (χ3v) is 2.80. The number of carbonyl (C=O) groups is 1. The molecule has 1 atom stereocenters. The minimum atomic E-state index is -0.219. The number of amides is 1. The lowest BCUT2D eigenvalue weighted by molar-refractivity contribution is 0.0889. The summed E-state index contributed by atoms with van der Waals surface area (Å²) < 4.78 is 0. The SMILES string of the molecule is CN(C)C(NC(=O)c1cn[nH]c1)c1ccc(N)cc1. The van der Waals surface area contributed by atoms with Gasteiger partial charge in [0.2, 0.25) is 0 Å². The molecule has 0 radical (unpaired) electrons. The Bertz CT molecular complexity index is 533. The third-order valence-electron chi connectivity index (χ3n) is 2.80. The first-order valence-electron chi connectivity index (χ1n) is 5.89. The first kappa shape index (κ1) is 13.1. The van der Waals surface area contributed by atoms with Crippen LogP contribution in [-0.2, 0) is 0 Å². The van der Waals surface area contributed by atoms with Crippen molar-refractivity contribution in [2.75, 3.05) is 19.8 Å². The van der Waals surface area contributed by atoms with Gasteiger partial charge in [-0.05, 0) is 31.8 Å². The Morgan fingerprint density at radius 3 is 2.58 bits per heavy atom. The maximum Gasteiger partial charge on any atom is 0.255 e. The van der Waals surface area contributed by atoms with Crippen molar-refractivity contribution < 1.29 is 4.79 Å². The van der Waals surface area contributed by atoms with Crippen LogP contribution in [0.1, 0.15) is 22.1 Å². The molecule has 1 unspecified atom stereocenters. The van der Waals surface area contributed by atoms with Crippen LogP contribution in [0.5, 0.6) is 0 Å². The summed E-state index contributed by atoms with van der Waals surface area (Å²) in [4.78, 5) is 14.0. The van der Waals surface area contributed by atoms with Crippen LogP contribution >= 0.6 is 0 Å². The molecular weight excluding hydrogens is 242 g/mol. The summed E-state index contributed by atoms with van der Waals surface area (Å²) in [6.07, 6.45) is 2.83. The predicted molar refractivity (Wildman–Crippen MR) is 73.3 cm³/mol. The number of aromatic nitrogens is 2. The number of aromatic amines is 1. The molecule has 6 heteroatoms. The number of hydrogen-bond donors (Lipinski definition) is 3. The molecule has 4 N–H and O–H groups in total. The molecule has 0 spiro atoms. The van der Waals surface area contributed by atoms with E-state index in [1.165, 1.54) is 6.20 Å². The highest BCUT2D eigenvalue weighted by atomic mass is 16.1. The van der Waals surface area contributed by atoms with Gasteiger partial charge < -0.3 is 11.1 Å². The zero-order valence-corrected chi connectivity index (χ0v) is 10.9. The standard InChI is InChI=1S/C13H17N5O/c1-18(2)12(9-3-5-11(14)6-4-9)17-13(19)10-7-15-16-8-10/h3-8,12H,14H2,1-2H3,(H,15,16)(H,17,19). The molecule has 0 aliphatic heterocycles. The van der Waals surface area contributed by atoms with Gasteiger partial charge in [-0.15, -0.1) is 0 Å². The first-order chi connectivity index (χ1) is 9.08. The van der Waals surface area contributed by atoms with Gasteiger partial charge in [0, 0.05) is 11.9 Å². The highest BCUT2D eigenvalue weighted by Gasteiger charge is 2.18. The van der Waals surface area contributed by atoms with E-state index < -0.39 is 0 Å². The molecule has 1 heterocycles. The topological polar surface area (TPSA) is 87.0 Å².